The summed E-state index contributed by atoms with van der Waals surface area (Å²) in [6.45, 7) is 2.22. The summed E-state index contributed by atoms with van der Waals surface area (Å²) in [5.41, 5.74) is 2.13. The molecule has 0 aromatic heterocycles. The second kappa shape index (κ2) is 7.60. The summed E-state index contributed by atoms with van der Waals surface area (Å²) in [4.78, 5) is 12.1. The van der Waals surface area contributed by atoms with Gasteiger partial charge in [0.25, 0.3) is 10.1 Å². The molecule has 1 saturated carbocycles. The van der Waals surface area contributed by atoms with Crippen molar-refractivity contribution in [3.8, 4) is 11.1 Å². The Bertz CT molecular complexity index is 861. The Balaban J connectivity index is 1.67. The van der Waals surface area contributed by atoms with Gasteiger partial charge in [-0.3, -0.25) is 4.55 Å². The largest absolute Gasteiger partial charge is 0.459 e. The van der Waals surface area contributed by atoms with Crippen LogP contribution >= 0.6 is 0 Å². The molecule has 1 aliphatic carbocycles. The molecule has 0 atom stereocenters. The number of carbonyl (C=O) groups is 1. The molecule has 0 radical (unpaired) electrons. The lowest BCUT2D eigenvalue weighted by molar-refractivity contribution is 0.0174. The van der Waals surface area contributed by atoms with Gasteiger partial charge in [0.1, 0.15) is 6.10 Å². The minimum absolute atomic E-state index is 0.00588. The van der Waals surface area contributed by atoms with Gasteiger partial charge in [-0.15, -0.1) is 0 Å². The van der Waals surface area contributed by atoms with Crippen molar-refractivity contribution in [3.05, 3.63) is 54.1 Å². The summed E-state index contributed by atoms with van der Waals surface area (Å²) in [5, 5.41) is 0. The zero-order valence-corrected chi connectivity index (χ0v) is 15.4. The maximum Gasteiger partial charge on any atom is 0.338 e. The van der Waals surface area contributed by atoms with Crippen molar-refractivity contribution in [2.45, 2.75) is 43.6 Å². The first-order valence-electron chi connectivity index (χ1n) is 8.72. The zero-order valence-electron chi connectivity index (χ0n) is 14.6. The first kappa shape index (κ1) is 18.6. The molecule has 0 amide bonds. The second-order valence-corrected chi connectivity index (χ2v) is 8.29. The summed E-state index contributed by atoms with van der Waals surface area (Å²) >= 11 is 0. The van der Waals surface area contributed by atoms with E-state index in [1.807, 2.05) is 0 Å². The summed E-state index contributed by atoms with van der Waals surface area (Å²) in [5.74, 6) is 0.397. The predicted molar refractivity (Wildman–Crippen MR) is 98.5 cm³/mol. The first-order chi connectivity index (χ1) is 12.3. The van der Waals surface area contributed by atoms with Gasteiger partial charge in [0.15, 0.2) is 0 Å². The summed E-state index contributed by atoms with van der Waals surface area (Å²) in [6.07, 6.45) is 4.04. The molecule has 138 valence electrons. The molecule has 0 aliphatic heterocycles. The normalized spacial score (nSPS) is 20.5. The molecule has 5 nitrogen and oxygen atoms in total. The van der Waals surface area contributed by atoms with Crippen molar-refractivity contribution in [1.29, 1.82) is 0 Å². The van der Waals surface area contributed by atoms with Crippen LogP contribution in [0.5, 0.6) is 0 Å². The molecule has 1 N–H and O–H groups in total. The fourth-order valence-corrected chi connectivity index (χ4v) is 3.66. The molecule has 2 aromatic rings. The van der Waals surface area contributed by atoms with Gasteiger partial charge in [-0.25, -0.2) is 4.79 Å². The summed E-state index contributed by atoms with van der Waals surface area (Å²) < 4.78 is 36.8. The third-order valence-electron chi connectivity index (χ3n) is 4.84. The number of hydrogen-bond acceptors (Lipinski definition) is 4. The van der Waals surface area contributed by atoms with Crippen LogP contribution in [0.2, 0.25) is 0 Å². The van der Waals surface area contributed by atoms with Crippen LogP contribution in [-0.2, 0) is 14.9 Å². The maximum absolute atomic E-state index is 12.3. The third kappa shape index (κ3) is 4.51. The summed E-state index contributed by atoms with van der Waals surface area (Å²) in [6, 6.07) is 12.9. The molecule has 0 unspecified atom stereocenters. The maximum atomic E-state index is 12.3. The Labute approximate surface area is 153 Å². The van der Waals surface area contributed by atoms with E-state index < -0.39 is 10.1 Å². The minimum atomic E-state index is -4.20. The zero-order chi connectivity index (χ0) is 18.7. The number of carbonyl (C=O) groups excluding carboxylic acids is 1. The van der Waals surface area contributed by atoms with Crippen molar-refractivity contribution < 1.29 is 22.5 Å². The molecular formula is C20H22O5S. The number of esters is 1. The minimum Gasteiger partial charge on any atom is -0.459 e. The van der Waals surface area contributed by atoms with Crippen molar-refractivity contribution in [2.24, 2.45) is 5.92 Å². The van der Waals surface area contributed by atoms with Crippen LogP contribution in [0.4, 0.5) is 0 Å². The molecule has 0 bridgehead atoms. The first-order valence-corrected chi connectivity index (χ1v) is 10.2. The Morgan fingerprint density at radius 1 is 0.923 bits per heavy atom. The van der Waals surface area contributed by atoms with Gasteiger partial charge < -0.3 is 4.74 Å². The summed E-state index contributed by atoms with van der Waals surface area (Å²) in [7, 11) is -4.20. The van der Waals surface area contributed by atoms with Crippen molar-refractivity contribution in [2.75, 3.05) is 0 Å². The number of benzene rings is 2. The molecule has 0 spiro atoms. The molecule has 0 heterocycles. The van der Waals surface area contributed by atoms with Crippen LogP contribution in [-0.4, -0.2) is 25.0 Å². The molecule has 26 heavy (non-hydrogen) atoms. The highest BCUT2D eigenvalue weighted by Crippen LogP contribution is 2.27. The van der Waals surface area contributed by atoms with Gasteiger partial charge in [0.2, 0.25) is 0 Å². The van der Waals surface area contributed by atoms with Crippen LogP contribution in [0.3, 0.4) is 0 Å². The monoisotopic (exact) mass is 374 g/mol. The fourth-order valence-electron chi connectivity index (χ4n) is 3.18. The fraction of sp³-hybridized carbons (Fsp3) is 0.350. The van der Waals surface area contributed by atoms with E-state index in [-0.39, 0.29) is 17.0 Å². The van der Waals surface area contributed by atoms with Crippen LogP contribution in [0.15, 0.2) is 53.4 Å². The average molecular weight is 374 g/mol. The molecule has 2 aromatic carbocycles. The van der Waals surface area contributed by atoms with E-state index >= 15 is 0 Å². The Hall–Kier alpha value is -2.18. The molecule has 1 fully saturated rings. The highest BCUT2D eigenvalue weighted by molar-refractivity contribution is 7.85. The molecule has 6 heteroatoms. The van der Waals surface area contributed by atoms with Crippen molar-refractivity contribution in [1.82, 2.24) is 0 Å². The van der Waals surface area contributed by atoms with Crippen LogP contribution < -0.4 is 0 Å². The highest BCUT2D eigenvalue weighted by atomic mass is 32.2. The average Bonchev–Trinajstić information content (AvgIpc) is 2.63. The second-order valence-electron chi connectivity index (χ2n) is 6.86. The highest BCUT2D eigenvalue weighted by Gasteiger charge is 2.22. The van der Waals surface area contributed by atoms with Crippen LogP contribution in [0.25, 0.3) is 11.1 Å². The van der Waals surface area contributed by atoms with E-state index in [2.05, 4.69) is 6.92 Å². The molecule has 3 rings (SSSR count). The standard InChI is InChI=1S/C20H22O5S/c1-14-2-10-18(11-3-14)25-20(21)17-6-4-15(5-7-17)16-8-12-19(13-9-16)26(22,23)24/h4-9,12-14,18H,2-3,10-11H2,1H3,(H,22,23,24). The van der Waals surface area contributed by atoms with E-state index in [0.717, 1.165) is 36.8 Å². The van der Waals surface area contributed by atoms with Crippen LogP contribution in [0.1, 0.15) is 43.0 Å². The lowest BCUT2D eigenvalue weighted by atomic mass is 9.89. The quantitative estimate of drug-likeness (QED) is 0.636. The number of hydrogen-bond donors (Lipinski definition) is 1. The Morgan fingerprint density at radius 3 is 1.92 bits per heavy atom. The third-order valence-corrected chi connectivity index (χ3v) is 5.71. The van der Waals surface area contributed by atoms with Gasteiger partial charge in [0, 0.05) is 0 Å². The smallest absolute Gasteiger partial charge is 0.338 e. The van der Waals surface area contributed by atoms with E-state index in [4.69, 9.17) is 9.29 Å². The number of ether oxygens (including phenoxy) is 1. The van der Waals surface area contributed by atoms with Crippen molar-refractivity contribution in [3.63, 3.8) is 0 Å². The lowest BCUT2D eigenvalue weighted by Gasteiger charge is -2.26. The van der Waals surface area contributed by atoms with Gasteiger partial charge in [-0.1, -0.05) is 31.2 Å². The predicted octanol–water partition coefficient (Wildman–Crippen LogP) is 4.34. The van der Waals surface area contributed by atoms with Gasteiger partial charge in [-0.2, -0.15) is 8.42 Å². The molecular weight excluding hydrogens is 352 g/mol. The Kier molecular flexibility index (Phi) is 5.44. The van der Waals surface area contributed by atoms with E-state index in [1.54, 1.807) is 36.4 Å². The lowest BCUT2D eigenvalue weighted by Crippen LogP contribution is -2.23. The van der Waals surface area contributed by atoms with Gasteiger partial charge >= 0.3 is 5.97 Å². The van der Waals surface area contributed by atoms with Gasteiger partial charge in [0.05, 0.1) is 10.5 Å². The SMILES string of the molecule is CC1CCC(OC(=O)c2ccc(-c3ccc(S(=O)(=O)O)cc3)cc2)CC1. The topological polar surface area (TPSA) is 80.7 Å². The number of rotatable bonds is 4. The van der Waals surface area contributed by atoms with E-state index in [1.165, 1.54) is 12.1 Å². The molecule has 1 aliphatic rings. The van der Waals surface area contributed by atoms with Crippen LogP contribution in [0, 0.1) is 5.92 Å². The van der Waals surface area contributed by atoms with E-state index in [9.17, 15) is 13.2 Å². The Morgan fingerprint density at radius 2 is 1.42 bits per heavy atom. The van der Waals surface area contributed by atoms with Gasteiger partial charge in [-0.05, 0) is 67.0 Å². The van der Waals surface area contributed by atoms with Crippen molar-refractivity contribution >= 4 is 16.1 Å². The van der Waals surface area contributed by atoms with E-state index in [0.29, 0.717) is 11.5 Å². The molecule has 0 saturated heterocycles.